The largest absolute Gasteiger partial charge is 0.492 e. The van der Waals surface area contributed by atoms with Crippen LogP contribution in [0, 0.1) is 5.82 Å². The summed E-state index contributed by atoms with van der Waals surface area (Å²) in [6.45, 7) is 2.79. The lowest BCUT2D eigenvalue weighted by Crippen LogP contribution is -2.08. The SMILES string of the molecule is CCC(O)c1cn(CCOc2ccc(F)cc2)nn1. The average molecular weight is 265 g/mol. The number of ether oxygens (including phenoxy) is 1. The maximum Gasteiger partial charge on any atom is 0.123 e. The van der Waals surface area contributed by atoms with Crippen molar-refractivity contribution < 1.29 is 14.2 Å². The lowest BCUT2D eigenvalue weighted by atomic mass is 10.2. The molecule has 1 aromatic heterocycles. The van der Waals surface area contributed by atoms with E-state index in [0.29, 0.717) is 31.0 Å². The maximum atomic E-state index is 12.7. The molecule has 2 aromatic rings. The fourth-order valence-corrected chi connectivity index (χ4v) is 1.57. The number of hydrogen-bond acceptors (Lipinski definition) is 4. The number of nitrogens with zero attached hydrogens (tertiary/aromatic N) is 3. The molecule has 19 heavy (non-hydrogen) atoms. The van der Waals surface area contributed by atoms with E-state index < -0.39 is 6.10 Å². The van der Waals surface area contributed by atoms with Gasteiger partial charge in [0.05, 0.1) is 18.8 Å². The predicted molar refractivity (Wildman–Crippen MR) is 67.2 cm³/mol. The zero-order valence-corrected chi connectivity index (χ0v) is 10.7. The Morgan fingerprint density at radius 3 is 2.79 bits per heavy atom. The molecule has 0 spiro atoms. The highest BCUT2D eigenvalue weighted by Gasteiger charge is 2.09. The number of rotatable bonds is 6. The molecule has 0 saturated carbocycles. The Bertz CT molecular complexity index is 513. The number of hydrogen-bond donors (Lipinski definition) is 1. The molecule has 0 fully saturated rings. The van der Waals surface area contributed by atoms with Crippen LogP contribution < -0.4 is 4.74 Å². The smallest absolute Gasteiger partial charge is 0.123 e. The van der Waals surface area contributed by atoms with Crippen LogP contribution in [-0.2, 0) is 6.54 Å². The molecule has 1 heterocycles. The van der Waals surface area contributed by atoms with E-state index in [2.05, 4.69) is 10.3 Å². The minimum Gasteiger partial charge on any atom is -0.492 e. The second-order valence-corrected chi connectivity index (χ2v) is 4.13. The molecule has 0 amide bonds. The quantitative estimate of drug-likeness (QED) is 0.867. The van der Waals surface area contributed by atoms with Gasteiger partial charge in [-0.05, 0) is 30.7 Å². The van der Waals surface area contributed by atoms with Crippen molar-refractivity contribution in [1.82, 2.24) is 15.0 Å². The minimum atomic E-state index is -0.577. The first-order chi connectivity index (χ1) is 9.19. The van der Waals surface area contributed by atoms with E-state index >= 15 is 0 Å². The fourth-order valence-electron chi connectivity index (χ4n) is 1.57. The number of halogens is 1. The Morgan fingerprint density at radius 2 is 2.11 bits per heavy atom. The topological polar surface area (TPSA) is 60.2 Å². The molecule has 0 radical (unpaired) electrons. The van der Waals surface area contributed by atoms with Crippen LogP contribution >= 0.6 is 0 Å². The molecule has 1 N–H and O–H groups in total. The number of aliphatic hydroxyl groups is 1. The molecule has 2 rings (SSSR count). The summed E-state index contributed by atoms with van der Waals surface area (Å²) in [6, 6.07) is 5.84. The molecule has 0 aliphatic heterocycles. The molecule has 0 bridgehead atoms. The van der Waals surface area contributed by atoms with Crippen molar-refractivity contribution in [3.8, 4) is 5.75 Å². The molecule has 0 saturated heterocycles. The van der Waals surface area contributed by atoms with E-state index in [1.54, 1.807) is 23.0 Å². The van der Waals surface area contributed by atoms with Crippen molar-refractivity contribution in [2.24, 2.45) is 0 Å². The highest BCUT2D eigenvalue weighted by molar-refractivity contribution is 5.21. The lowest BCUT2D eigenvalue weighted by molar-refractivity contribution is 0.168. The highest BCUT2D eigenvalue weighted by Crippen LogP contribution is 2.13. The summed E-state index contributed by atoms with van der Waals surface area (Å²) in [5, 5.41) is 17.4. The van der Waals surface area contributed by atoms with Gasteiger partial charge in [0.2, 0.25) is 0 Å². The van der Waals surface area contributed by atoms with E-state index in [-0.39, 0.29) is 5.82 Å². The van der Waals surface area contributed by atoms with Crippen molar-refractivity contribution >= 4 is 0 Å². The Labute approximate surface area is 110 Å². The van der Waals surface area contributed by atoms with E-state index in [1.807, 2.05) is 6.92 Å². The standard InChI is InChI=1S/C13H16FN3O2/c1-2-13(18)12-9-17(16-15-12)7-8-19-11-5-3-10(14)4-6-11/h3-6,9,13,18H,2,7-8H2,1H3. The molecule has 5 nitrogen and oxygen atoms in total. The summed E-state index contributed by atoms with van der Waals surface area (Å²) in [7, 11) is 0. The molecular weight excluding hydrogens is 249 g/mol. The second kappa shape index (κ2) is 6.29. The highest BCUT2D eigenvalue weighted by atomic mass is 19.1. The third-order valence-corrected chi connectivity index (χ3v) is 2.69. The molecule has 0 aliphatic rings. The lowest BCUT2D eigenvalue weighted by Gasteiger charge is -2.05. The monoisotopic (exact) mass is 265 g/mol. The molecule has 1 atom stereocenters. The van der Waals surface area contributed by atoms with Crippen LogP contribution in [0.5, 0.6) is 5.75 Å². The van der Waals surface area contributed by atoms with Crippen molar-refractivity contribution in [3.05, 3.63) is 42.0 Å². The Morgan fingerprint density at radius 1 is 1.37 bits per heavy atom. The number of aliphatic hydroxyl groups excluding tert-OH is 1. The first-order valence-corrected chi connectivity index (χ1v) is 6.15. The predicted octanol–water partition coefficient (Wildman–Crippen LogP) is 1.94. The van der Waals surface area contributed by atoms with Gasteiger partial charge in [0.1, 0.15) is 23.9 Å². The van der Waals surface area contributed by atoms with Gasteiger partial charge in [0, 0.05) is 0 Å². The Kier molecular flexibility index (Phi) is 4.46. The van der Waals surface area contributed by atoms with Crippen LogP contribution in [0.15, 0.2) is 30.5 Å². The Balaban J connectivity index is 1.82. The van der Waals surface area contributed by atoms with Gasteiger partial charge in [-0.3, -0.25) is 0 Å². The van der Waals surface area contributed by atoms with Crippen molar-refractivity contribution in [1.29, 1.82) is 0 Å². The first kappa shape index (κ1) is 13.5. The van der Waals surface area contributed by atoms with Gasteiger partial charge in [-0.15, -0.1) is 5.10 Å². The fraction of sp³-hybridized carbons (Fsp3) is 0.385. The first-order valence-electron chi connectivity index (χ1n) is 6.15. The summed E-state index contributed by atoms with van der Waals surface area (Å²) in [5.74, 6) is 0.317. The van der Waals surface area contributed by atoms with Crippen LogP contribution in [0.1, 0.15) is 25.1 Å². The van der Waals surface area contributed by atoms with E-state index in [1.165, 1.54) is 12.1 Å². The van der Waals surface area contributed by atoms with Gasteiger partial charge in [0.25, 0.3) is 0 Å². The van der Waals surface area contributed by atoms with Gasteiger partial charge in [-0.2, -0.15) is 0 Å². The molecule has 1 unspecified atom stereocenters. The summed E-state index contributed by atoms with van der Waals surface area (Å²) < 4.78 is 19.7. The Hall–Kier alpha value is -1.95. The van der Waals surface area contributed by atoms with E-state index in [4.69, 9.17) is 4.74 Å². The third-order valence-electron chi connectivity index (χ3n) is 2.69. The van der Waals surface area contributed by atoms with Gasteiger partial charge in [-0.25, -0.2) is 9.07 Å². The molecule has 1 aromatic carbocycles. The zero-order chi connectivity index (χ0) is 13.7. The van der Waals surface area contributed by atoms with Crippen LogP contribution in [0.2, 0.25) is 0 Å². The molecular formula is C13H16FN3O2. The second-order valence-electron chi connectivity index (χ2n) is 4.13. The summed E-state index contributed by atoms with van der Waals surface area (Å²) >= 11 is 0. The molecule has 6 heteroatoms. The van der Waals surface area contributed by atoms with Crippen molar-refractivity contribution in [2.75, 3.05) is 6.61 Å². The molecule has 102 valence electrons. The van der Waals surface area contributed by atoms with E-state index in [0.717, 1.165) is 0 Å². The van der Waals surface area contributed by atoms with Crippen molar-refractivity contribution in [2.45, 2.75) is 26.0 Å². The van der Waals surface area contributed by atoms with Crippen LogP contribution in [-0.4, -0.2) is 26.7 Å². The van der Waals surface area contributed by atoms with E-state index in [9.17, 15) is 9.50 Å². The van der Waals surface area contributed by atoms with Gasteiger partial charge >= 0.3 is 0 Å². The normalized spacial score (nSPS) is 12.4. The third kappa shape index (κ3) is 3.75. The van der Waals surface area contributed by atoms with Crippen LogP contribution in [0.3, 0.4) is 0 Å². The van der Waals surface area contributed by atoms with Gasteiger partial charge in [0.15, 0.2) is 0 Å². The summed E-state index contributed by atoms with van der Waals surface area (Å²) in [5.41, 5.74) is 0.560. The van der Waals surface area contributed by atoms with Crippen LogP contribution in [0.25, 0.3) is 0 Å². The van der Waals surface area contributed by atoms with Gasteiger partial charge < -0.3 is 9.84 Å². The zero-order valence-electron chi connectivity index (χ0n) is 10.7. The average Bonchev–Trinajstić information content (AvgIpc) is 2.89. The maximum absolute atomic E-state index is 12.7. The number of benzene rings is 1. The minimum absolute atomic E-state index is 0.290. The van der Waals surface area contributed by atoms with Gasteiger partial charge in [-0.1, -0.05) is 12.1 Å². The number of aromatic nitrogens is 3. The summed E-state index contributed by atoms with van der Waals surface area (Å²) in [4.78, 5) is 0. The van der Waals surface area contributed by atoms with Crippen LogP contribution in [0.4, 0.5) is 4.39 Å². The van der Waals surface area contributed by atoms with Crippen molar-refractivity contribution in [3.63, 3.8) is 0 Å². The summed E-state index contributed by atoms with van der Waals surface area (Å²) in [6.07, 6.45) is 1.72. The molecule has 0 aliphatic carbocycles.